The number of pyridine rings is 1. The Morgan fingerprint density at radius 1 is 1.11 bits per heavy atom. The number of Topliss-reactive ketones (excluding diaryl/α,β-unsaturated/α-hetero) is 1. The number of aromatic amines is 1. The van der Waals surface area contributed by atoms with Gasteiger partial charge in [-0.2, -0.15) is 0 Å². The van der Waals surface area contributed by atoms with E-state index in [1.807, 2.05) is 0 Å². The van der Waals surface area contributed by atoms with Crippen molar-refractivity contribution in [1.82, 2.24) is 39.7 Å². The summed E-state index contributed by atoms with van der Waals surface area (Å²) in [6, 6.07) is 0. The molecule has 3 amide bonds. The van der Waals surface area contributed by atoms with Crippen molar-refractivity contribution >= 4 is 34.9 Å². The van der Waals surface area contributed by atoms with Gasteiger partial charge in [-0.3, -0.25) is 19.2 Å². The van der Waals surface area contributed by atoms with Gasteiger partial charge in [-0.1, -0.05) is 5.21 Å². The number of nitrogens with one attached hydrogen (secondary N) is 1. The number of fused-ring (bicyclic) bond motifs is 1. The number of aromatic nitrogens is 5. The third kappa shape index (κ3) is 4.13. The molecule has 0 aromatic carbocycles. The number of nitrogens with zero attached hydrogens (tertiary/aromatic N) is 7. The molecule has 1 N–H and O–H groups in total. The minimum Gasteiger partial charge on any atom is -0.357 e. The molecule has 0 spiro atoms. The van der Waals surface area contributed by atoms with Crippen LogP contribution < -0.4 is 0 Å². The molecule has 1 unspecified atom stereocenters. The van der Waals surface area contributed by atoms with E-state index in [4.69, 9.17) is 0 Å². The van der Waals surface area contributed by atoms with Crippen molar-refractivity contribution in [1.29, 1.82) is 0 Å². The second kappa shape index (κ2) is 9.24. The molecule has 13 heteroatoms. The Bertz CT molecular complexity index is 1280. The summed E-state index contributed by atoms with van der Waals surface area (Å²) in [7, 11) is 0. The molecule has 2 aliphatic rings. The quantitative estimate of drug-likeness (QED) is 0.307. The number of hydrogen-bond acceptors (Lipinski definition) is 7. The van der Waals surface area contributed by atoms with Gasteiger partial charge in [-0.25, -0.2) is 14.1 Å². The highest BCUT2D eigenvalue weighted by Gasteiger charge is 2.34. The first kappa shape index (κ1) is 22.6. The van der Waals surface area contributed by atoms with Crippen molar-refractivity contribution in [2.45, 2.75) is 12.8 Å². The van der Waals surface area contributed by atoms with E-state index in [1.54, 1.807) is 9.80 Å². The molecule has 182 valence electrons. The highest BCUT2D eigenvalue weighted by Crippen LogP contribution is 2.26. The first-order chi connectivity index (χ1) is 17.0. The maximum absolute atomic E-state index is 14.7. The summed E-state index contributed by atoms with van der Waals surface area (Å²) in [5, 5.41) is 7.50. The number of rotatable bonds is 5. The van der Waals surface area contributed by atoms with Crippen molar-refractivity contribution in [3.8, 4) is 5.82 Å². The van der Waals surface area contributed by atoms with Gasteiger partial charge in [0.25, 0.3) is 11.7 Å². The summed E-state index contributed by atoms with van der Waals surface area (Å²) in [4.78, 5) is 61.5. The number of piperidine rings is 1. The highest BCUT2D eigenvalue weighted by molar-refractivity contribution is 6.45. The number of amides is 3. The lowest BCUT2D eigenvalue weighted by atomic mass is 9.96. The van der Waals surface area contributed by atoms with Crippen molar-refractivity contribution < 1.29 is 23.6 Å². The number of piperazine rings is 1. The fourth-order valence-corrected chi connectivity index (χ4v) is 4.72. The Morgan fingerprint density at radius 3 is 2.60 bits per heavy atom. The minimum absolute atomic E-state index is 0.0400. The lowest BCUT2D eigenvalue weighted by molar-refractivity contribution is -0.142. The van der Waals surface area contributed by atoms with E-state index in [-0.39, 0.29) is 60.3 Å². The molecule has 2 fully saturated rings. The number of ketones is 1. The molecular weight excluding hydrogens is 459 g/mol. The van der Waals surface area contributed by atoms with Crippen LogP contribution >= 0.6 is 0 Å². The van der Waals surface area contributed by atoms with E-state index >= 15 is 0 Å². The largest absolute Gasteiger partial charge is 0.357 e. The van der Waals surface area contributed by atoms with Crippen LogP contribution in [0.15, 0.2) is 24.8 Å². The van der Waals surface area contributed by atoms with Gasteiger partial charge in [-0.15, -0.1) is 5.10 Å². The van der Waals surface area contributed by atoms with Gasteiger partial charge in [0.1, 0.15) is 0 Å². The van der Waals surface area contributed by atoms with E-state index in [0.717, 1.165) is 25.4 Å². The van der Waals surface area contributed by atoms with Crippen LogP contribution in [0.25, 0.3) is 16.7 Å². The van der Waals surface area contributed by atoms with Crippen LogP contribution in [0.1, 0.15) is 23.2 Å². The molecular formula is C22H23FN8O4. The first-order valence-electron chi connectivity index (χ1n) is 11.3. The van der Waals surface area contributed by atoms with E-state index in [9.17, 15) is 23.6 Å². The van der Waals surface area contributed by atoms with Crippen LogP contribution in [-0.2, 0) is 14.4 Å². The molecule has 3 aromatic heterocycles. The summed E-state index contributed by atoms with van der Waals surface area (Å²) in [6.45, 7) is 2.02. The zero-order chi connectivity index (χ0) is 24.5. The highest BCUT2D eigenvalue weighted by atomic mass is 19.1. The smallest absolute Gasteiger partial charge is 0.295 e. The number of carbonyl (C=O) groups excluding carboxylic acids is 4. The summed E-state index contributed by atoms with van der Waals surface area (Å²) < 4.78 is 16.0. The molecule has 1 atom stereocenters. The summed E-state index contributed by atoms with van der Waals surface area (Å²) in [6.07, 6.45) is 7.48. The third-order valence-electron chi connectivity index (χ3n) is 6.55. The molecule has 0 aliphatic carbocycles. The monoisotopic (exact) mass is 482 g/mol. The number of halogens is 1. The van der Waals surface area contributed by atoms with Crippen molar-refractivity contribution in [2.24, 2.45) is 5.92 Å². The van der Waals surface area contributed by atoms with Crippen molar-refractivity contribution in [2.75, 3.05) is 39.3 Å². The Labute approximate surface area is 198 Å². The van der Waals surface area contributed by atoms with E-state index in [0.29, 0.717) is 13.1 Å². The Balaban J connectivity index is 1.28. The van der Waals surface area contributed by atoms with Gasteiger partial charge in [-0.05, 0) is 12.8 Å². The molecule has 5 heterocycles. The van der Waals surface area contributed by atoms with Crippen LogP contribution in [0.3, 0.4) is 0 Å². The Morgan fingerprint density at radius 2 is 1.89 bits per heavy atom. The van der Waals surface area contributed by atoms with E-state index in [1.165, 1.54) is 28.2 Å². The lowest BCUT2D eigenvalue weighted by Crippen LogP contribution is -2.54. The van der Waals surface area contributed by atoms with Crippen molar-refractivity contribution in [3.05, 3.63) is 36.2 Å². The molecule has 0 radical (unpaired) electrons. The fourth-order valence-electron chi connectivity index (χ4n) is 4.72. The van der Waals surface area contributed by atoms with Crippen LogP contribution in [-0.4, -0.2) is 103 Å². The zero-order valence-corrected chi connectivity index (χ0v) is 18.8. The molecule has 0 saturated carbocycles. The maximum atomic E-state index is 14.7. The van der Waals surface area contributed by atoms with Gasteiger partial charge >= 0.3 is 0 Å². The van der Waals surface area contributed by atoms with E-state index in [2.05, 4.69) is 20.3 Å². The molecule has 3 aromatic rings. The van der Waals surface area contributed by atoms with Gasteiger partial charge in [0, 0.05) is 45.5 Å². The third-order valence-corrected chi connectivity index (χ3v) is 6.55. The molecule has 35 heavy (non-hydrogen) atoms. The summed E-state index contributed by atoms with van der Waals surface area (Å²) >= 11 is 0. The average Bonchev–Trinajstić information content (AvgIpc) is 3.59. The topological polar surface area (TPSA) is 137 Å². The molecule has 0 bridgehead atoms. The van der Waals surface area contributed by atoms with Crippen LogP contribution in [0.5, 0.6) is 0 Å². The second-order valence-electron chi connectivity index (χ2n) is 8.62. The molecule has 2 aliphatic heterocycles. The number of likely N-dealkylation sites (tertiary alicyclic amines) is 1. The normalized spacial score (nSPS) is 18.7. The number of hydrogen-bond donors (Lipinski definition) is 1. The Kier molecular flexibility index (Phi) is 5.97. The van der Waals surface area contributed by atoms with Gasteiger partial charge < -0.3 is 19.7 Å². The standard InChI is InChI=1S/C22H23FN8O4/c23-16-11-25-20(31-5-3-26-27-31)18-17(16)15(10-24-18)19(33)22(35)30-8-6-29(7-9-30)21(34)14-2-1-4-28(12-14)13-32/h3,5,10-11,13-14,24H,1-2,4,6-9,12H2. The van der Waals surface area contributed by atoms with Crippen molar-refractivity contribution in [3.63, 3.8) is 0 Å². The Hall–Kier alpha value is -4.16. The van der Waals surface area contributed by atoms with E-state index < -0.39 is 17.5 Å². The summed E-state index contributed by atoms with van der Waals surface area (Å²) in [5.74, 6) is -2.40. The SMILES string of the molecule is O=CN1CCCC(C(=O)N2CCN(C(=O)C(=O)c3c[nH]c4c(-n5ccnn5)ncc(F)c34)CC2)C1. The minimum atomic E-state index is -0.848. The second-order valence-corrected chi connectivity index (χ2v) is 8.62. The fraction of sp³-hybridized carbons (Fsp3) is 0.409. The first-order valence-corrected chi connectivity index (χ1v) is 11.3. The predicted molar refractivity (Wildman–Crippen MR) is 119 cm³/mol. The zero-order valence-electron chi connectivity index (χ0n) is 18.8. The summed E-state index contributed by atoms with van der Waals surface area (Å²) in [5.41, 5.74) is 0.125. The van der Waals surface area contributed by atoms with Gasteiger partial charge in [0.15, 0.2) is 11.6 Å². The average molecular weight is 482 g/mol. The van der Waals surface area contributed by atoms with Gasteiger partial charge in [0.05, 0.1) is 41.0 Å². The van der Waals surface area contributed by atoms with Gasteiger partial charge in [0.2, 0.25) is 12.3 Å². The molecule has 5 rings (SSSR count). The molecule has 12 nitrogen and oxygen atoms in total. The van der Waals surface area contributed by atoms with Crippen LogP contribution in [0.2, 0.25) is 0 Å². The maximum Gasteiger partial charge on any atom is 0.295 e. The van der Waals surface area contributed by atoms with Crippen LogP contribution in [0, 0.1) is 11.7 Å². The lowest BCUT2D eigenvalue weighted by Gasteiger charge is -2.38. The molecule has 2 saturated heterocycles. The number of H-pyrrole nitrogens is 1. The predicted octanol–water partition coefficient (Wildman–Crippen LogP) is 0.00460. The van der Waals surface area contributed by atoms with Crippen LogP contribution in [0.4, 0.5) is 4.39 Å². The number of carbonyl (C=O) groups is 4.